The Morgan fingerprint density at radius 1 is 0.742 bits per heavy atom. The molecule has 4 rings (SSSR count). The summed E-state index contributed by atoms with van der Waals surface area (Å²) in [5.74, 6) is 0.139. The molecule has 0 bridgehead atoms. The predicted octanol–water partition coefficient (Wildman–Crippen LogP) is 5.73. The first-order valence-corrected chi connectivity index (χ1v) is 10.8. The number of aryl methyl sites for hydroxylation is 3. The van der Waals surface area contributed by atoms with Crippen LogP contribution in [0, 0.1) is 20.8 Å². The molecule has 0 saturated heterocycles. The van der Waals surface area contributed by atoms with Crippen molar-refractivity contribution in [1.29, 1.82) is 0 Å². The average Bonchev–Trinajstić information content (AvgIpc) is 2.76. The van der Waals surface area contributed by atoms with Crippen molar-refractivity contribution in [1.82, 2.24) is 9.55 Å². The third-order valence-electron chi connectivity index (χ3n) is 5.72. The van der Waals surface area contributed by atoms with Crippen LogP contribution in [0.1, 0.15) is 39.6 Å². The smallest absolute Gasteiger partial charge is 0.265 e. The highest BCUT2D eigenvalue weighted by atomic mass is 16.1. The zero-order valence-electron chi connectivity index (χ0n) is 18.4. The minimum atomic E-state index is -0.223. The second kappa shape index (κ2) is 9.13. The summed E-state index contributed by atoms with van der Waals surface area (Å²) in [7, 11) is 0. The van der Waals surface area contributed by atoms with E-state index >= 15 is 0 Å². The van der Waals surface area contributed by atoms with E-state index in [1.165, 1.54) is 22.3 Å². The summed E-state index contributed by atoms with van der Waals surface area (Å²) in [5.41, 5.74) is 7.43. The molecule has 31 heavy (non-hydrogen) atoms. The van der Waals surface area contributed by atoms with Gasteiger partial charge < -0.3 is 0 Å². The Morgan fingerprint density at radius 2 is 1.26 bits per heavy atom. The lowest BCUT2D eigenvalue weighted by Crippen LogP contribution is -2.28. The SMILES string of the molecule is Cc1ccc(CC(Cc2ccc(C)cc2)c2cc(C)nc(=O)n2-c2ccccc2)cc1. The molecule has 0 fully saturated rings. The van der Waals surface area contributed by atoms with Gasteiger partial charge in [-0.2, -0.15) is 4.98 Å². The van der Waals surface area contributed by atoms with Gasteiger partial charge in [-0.15, -0.1) is 0 Å². The molecule has 0 unspecified atom stereocenters. The fourth-order valence-corrected chi connectivity index (χ4v) is 4.06. The van der Waals surface area contributed by atoms with E-state index in [-0.39, 0.29) is 11.6 Å². The zero-order chi connectivity index (χ0) is 21.8. The molecular formula is C28H28N2O. The number of hydrogen-bond donors (Lipinski definition) is 0. The molecule has 1 aromatic heterocycles. The summed E-state index contributed by atoms with van der Waals surface area (Å²) >= 11 is 0. The molecule has 0 atom stereocenters. The maximum atomic E-state index is 13.0. The minimum Gasteiger partial charge on any atom is -0.265 e. The highest BCUT2D eigenvalue weighted by Gasteiger charge is 2.20. The van der Waals surface area contributed by atoms with Gasteiger partial charge >= 0.3 is 5.69 Å². The molecule has 156 valence electrons. The van der Waals surface area contributed by atoms with Crippen LogP contribution < -0.4 is 5.69 Å². The van der Waals surface area contributed by atoms with Crippen molar-refractivity contribution in [2.45, 2.75) is 39.5 Å². The molecule has 0 spiro atoms. The minimum absolute atomic E-state index is 0.139. The average molecular weight is 409 g/mol. The van der Waals surface area contributed by atoms with E-state index in [0.717, 1.165) is 29.9 Å². The van der Waals surface area contributed by atoms with Crippen LogP contribution in [0.4, 0.5) is 0 Å². The molecule has 0 aliphatic carbocycles. The van der Waals surface area contributed by atoms with Crippen LogP contribution in [0.25, 0.3) is 5.69 Å². The van der Waals surface area contributed by atoms with Gasteiger partial charge in [-0.3, -0.25) is 4.57 Å². The van der Waals surface area contributed by atoms with Gasteiger partial charge in [0.05, 0.1) is 5.69 Å². The molecule has 4 aromatic rings. The monoisotopic (exact) mass is 408 g/mol. The van der Waals surface area contributed by atoms with Crippen molar-refractivity contribution >= 4 is 0 Å². The van der Waals surface area contributed by atoms with Crippen LogP contribution in [-0.2, 0) is 12.8 Å². The molecule has 1 heterocycles. The van der Waals surface area contributed by atoms with Crippen molar-refractivity contribution in [2.75, 3.05) is 0 Å². The Hall–Kier alpha value is -3.46. The fourth-order valence-electron chi connectivity index (χ4n) is 4.06. The molecule has 0 saturated carbocycles. The Morgan fingerprint density at radius 3 is 1.77 bits per heavy atom. The van der Waals surface area contributed by atoms with Crippen molar-refractivity contribution in [3.63, 3.8) is 0 Å². The molecule has 0 aliphatic rings. The van der Waals surface area contributed by atoms with E-state index in [1.54, 1.807) is 4.57 Å². The fraction of sp³-hybridized carbons (Fsp3) is 0.214. The van der Waals surface area contributed by atoms with Gasteiger partial charge in [0.25, 0.3) is 0 Å². The second-order valence-corrected chi connectivity index (χ2v) is 8.35. The lowest BCUT2D eigenvalue weighted by atomic mass is 9.88. The summed E-state index contributed by atoms with van der Waals surface area (Å²) in [6.07, 6.45) is 1.70. The summed E-state index contributed by atoms with van der Waals surface area (Å²) in [6, 6.07) is 29.3. The van der Waals surface area contributed by atoms with Gasteiger partial charge in [0.2, 0.25) is 0 Å². The van der Waals surface area contributed by atoms with Gasteiger partial charge in [0.15, 0.2) is 0 Å². The van der Waals surface area contributed by atoms with E-state index in [0.29, 0.717) is 0 Å². The Labute approximate surface area is 184 Å². The van der Waals surface area contributed by atoms with Crippen molar-refractivity contribution in [3.05, 3.63) is 129 Å². The maximum Gasteiger partial charge on any atom is 0.352 e. The third-order valence-corrected chi connectivity index (χ3v) is 5.72. The van der Waals surface area contributed by atoms with Crippen LogP contribution in [0.2, 0.25) is 0 Å². The number of benzene rings is 3. The molecule has 3 heteroatoms. The van der Waals surface area contributed by atoms with Gasteiger partial charge in [0, 0.05) is 17.3 Å². The molecule has 3 nitrogen and oxygen atoms in total. The Bertz CT molecular complexity index is 1160. The molecule has 0 radical (unpaired) electrons. The van der Waals surface area contributed by atoms with Gasteiger partial charge in [-0.25, -0.2) is 4.79 Å². The summed E-state index contributed by atoms with van der Waals surface area (Å²) in [5, 5.41) is 0. The normalized spacial score (nSPS) is 11.1. The van der Waals surface area contributed by atoms with Crippen LogP contribution in [-0.4, -0.2) is 9.55 Å². The van der Waals surface area contributed by atoms with E-state index in [2.05, 4.69) is 73.4 Å². The topological polar surface area (TPSA) is 34.9 Å². The van der Waals surface area contributed by atoms with E-state index in [4.69, 9.17) is 0 Å². The van der Waals surface area contributed by atoms with Gasteiger partial charge in [0.1, 0.15) is 0 Å². The summed E-state index contributed by atoms with van der Waals surface area (Å²) < 4.78 is 1.78. The van der Waals surface area contributed by atoms with Crippen LogP contribution >= 0.6 is 0 Å². The molecular weight excluding hydrogens is 380 g/mol. The zero-order valence-corrected chi connectivity index (χ0v) is 18.4. The summed E-state index contributed by atoms with van der Waals surface area (Å²) in [6.45, 7) is 6.11. The molecule has 0 N–H and O–H groups in total. The number of rotatable bonds is 6. The van der Waals surface area contributed by atoms with Gasteiger partial charge in [-0.05, 0) is 62.9 Å². The first-order chi connectivity index (χ1) is 15.0. The van der Waals surface area contributed by atoms with Gasteiger partial charge in [-0.1, -0.05) is 77.9 Å². The van der Waals surface area contributed by atoms with Crippen molar-refractivity contribution in [2.24, 2.45) is 0 Å². The van der Waals surface area contributed by atoms with Crippen LogP contribution in [0.15, 0.2) is 89.7 Å². The predicted molar refractivity (Wildman–Crippen MR) is 127 cm³/mol. The Balaban J connectivity index is 1.83. The lowest BCUT2D eigenvalue weighted by molar-refractivity contribution is 0.623. The van der Waals surface area contributed by atoms with E-state index < -0.39 is 0 Å². The second-order valence-electron chi connectivity index (χ2n) is 8.35. The first-order valence-electron chi connectivity index (χ1n) is 10.8. The number of para-hydroxylation sites is 1. The van der Waals surface area contributed by atoms with Crippen LogP contribution in [0.5, 0.6) is 0 Å². The standard InChI is InChI=1S/C28H28N2O/c1-20-9-13-23(14-10-20)18-25(19-24-15-11-21(2)12-16-24)27-17-22(3)29-28(31)30(27)26-7-5-4-6-8-26/h4-17,25H,18-19H2,1-3H3. The molecule has 0 aliphatic heterocycles. The molecule has 3 aromatic carbocycles. The number of nitrogens with zero attached hydrogens (tertiary/aromatic N) is 2. The lowest BCUT2D eigenvalue weighted by Gasteiger charge is -2.23. The van der Waals surface area contributed by atoms with Crippen LogP contribution in [0.3, 0.4) is 0 Å². The van der Waals surface area contributed by atoms with E-state index in [1.807, 2.05) is 37.3 Å². The van der Waals surface area contributed by atoms with Crippen molar-refractivity contribution in [3.8, 4) is 5.69 Å². The molecule has 0 amide bonds. The highest BCUT2D eigenvalue weighted by Crippen LogP contribution is 2.27. The quantitative estimate of drug-likeness (QED) is 0.408. The third kappa shape index (κ3) is 5.00. The highest BCUT2D eigenvalue weighted by molar-refractivity contribution is 5.36. The maximum absolute atomic E-state index is 13.0. The van der Waals surface area contributed by atoms with E-state index in [9.17, 15) is 4.79 Å². The largest absolute Gasteiger partial charge is 0.352 e. The summed E-state index contributed by atoms with van der Waals surface area (Å²) in [4.78, 5) is 17.2. The first kappa shape index (κ1) is 20.8. The number of aromatic nitrogens is 2. The van der Waals surface area contributed by atoms with Crippen molar-refractivity contribution < 1.29 is 0 Å². The number of hydrogen-bond acceptors (Lipinski definition) is 2. The Kier molecular flexibility index (Phi) is 6.13.